The van der Waals surface area contributed by atoms with Gasteiger partial charge in [-0.1, -0.05) is 44.7 Å². The van der Waals surface area contributed by atoms with Crippen LogP contribution in [0.15, 0.2) is 48.1 Å². The van der Waals surface area contributed by atoms with Gasteiger partial charge in [-0.25, -0.2) is 4.98 Å². The van der Waals surface area contributed by atoms with E-state index in [2.05, 4.69) is 21.8 Å². The minimum absolute atomic E-state index is 0.100. The molecule has 1 aromatic heterocycles. The number of allylic oxidation sites excluding steroid dienone is 2. The summed E-state index contributed by atoms with van der Waals surface area (Å²) in [6.07, 6.45) is 6.47. The molecule has 0 radical (unpaired) electrons. The highest BCUT2D eigenvalue weighted by Gasteiger charge is 2.28. The minimum Gasteiger partial charge on any atom is -0.481 e. The van der Waals surface area contributed by atoms with Crippen molar-refractivity contribution in [2.75, 3.05) is 31.2 Å². The van der Waals surface area contributed by atoms with E-state index in [4.69, 9.17) is 4.74 Å². The molecule has 1 fully saturated rings. The zero-order valence-electron chi connectivity index (χ0n) is 22.6. The number of nitrogens with zero attached hydrogens (tertiary/aromatic N) is 3. The van der Waals surface area contributed by atoms with Crippen molar-refractivity contribution in [3.8, 4) is 0 Å². The first kappa shape index (κ1) is 28.8. The normalized spacial score (nSPS) is 15.4. The number of carboxylic acid groups (broad SMARTS) is 1. The first-order valence-electron chi connectivity index (χ1n) is 12.9. The molecule has 0 aliphatic carbocycles. The molecular weight excluding hydrogens is 484 g/mol. The molecule has 0 saturated carbocycles. The van der Waals surface area contributed by atoms with Gasteiger partial charge >= 0.3 is 5.97 Å². The van der Waals surface area contributed by atoms with Crippen LogP contribution >= 0.6 is 0 Å². The summed E-state index contributed by atoms with van der Waals surface area (Å²) < 4.78 is 6.82. The van der Waals surface area contributed by atoms with Crippen LogP contribution < -0.4 is 15.8 Å². The standard InChI is InChI=1S/C29H38N4O5/c1-6-7-8-23-21(5)29(37)33(18-30-23)26(15-19(2)3)28(36)31-24(17-27(34)35)22-10-9-20(4)25(16-22)32-11-13-38-14-12-32/h6-10,16,18-19,24,26H,1,11-15,17H2,2-5H3,(H,31,36)(H,34,35)/b8-7-/t24?,26-/m0/s1. The number of carboxylic acids is 1. The second-order valence-electron chi connectivity index (χ2n) is 10.0. The molecule has 1 unspecified atom stereocenters. The summed E-state index contributed by atoms with van der Waals surface area (Å²) in [5.74, 6) is -1.35. The van der Waals surface area contributed by atoms with Crippen molar-refractivity contribution in [1.82, 2.24) is 14.9 Å². The van der Waals surface area contributed by atoms with Crippen LogP contribution in [-0.4, -0.2) is 52.8 Å². The van der Waals surface area contributed by atoms with Gasteiger partial charge in [0.1, 0.15) is 6.04 Å². The Hall–Kier alpha value is -3.72. The molecule has 9 nitrogen and oxygen atoms in total. The Balaban J connectivity index is 1.96. The average Bonchev–Trinajstić information content (AvgIpc) is 2.88. The Morgan fingerprint density at radius 1 is 1.24 bits per heavy atom. The van der Waals surface area contributed by atoms with Gasteiger partial charge in [0.05, 0.1) is 37.7 Å². The van der Waals surface area contributed by atoms with Crippen molar-refractivity contribution >= 4 is 23.6 Å². The van der Waals surface area contributed by atoms with Crippen LogP contribution in [0.4, 0.5) is 5.69 Å². The van der Waals surface area contributed by atoms with E-state index in [0.29, 0.717) is 36.5 Å². The number of ether oxygens (including phenoxy) is 1. The predicted molar refractivity (Wildman–Crippen MR) is 148 cm³/mol. The van der Waals surface area contributed by atoms with Gasteiger partial charge in [0.25, 0.3) is 5.56 Å². The number of nitrogens with one attached hydrogen (secondary N) is 1. The molecule has 2 aromatic rings. The molecule has 2 N–H and O–H groups in total. The van der Waals surface area contributed by atoms with Gasteiger partial charge in [0.2, 0.25) is 5.91 Å². The van der Waals surface area contributed by atoms with Gasteiger partial charge < -0.3 is 20.1 Å². The number of hydrogen-bond acceptors (Lipinski definition) is 6. The Morgan fingerprint density at radius 2 is 1.95 bits per heavy atom. The molecule has 0 bridgehead atoms. The van der Waals surface area contributed by atoms with E-state index in [-0.39, 0.29) is 17.9 Å². The Morgan fingerprint density at radius 3 is 2.58 bits per heavy atom. The number of carbonyl (C=O) groups excluding carboxylic acids is 1. The fourth-order valence-electron chi connectivity index (χ4n) is 4.60. The van der Waals surface area contributed by atoms with Crippen LogP contribution in [0.25, 0.3) is 6.08 Å². The molecule has 1 saturated heterocycles. The number of aromatic nitrogens is 2. The maximum absolute atomic E-state index is 13.7. The minimum atomic E-state index is -1.03. The second kappa shape index (κ2) is 13.2. The molecule has 38 heavy (non-hydrogen) atoms. The van der Waals surface area contributed by atoms with Gasteiger partial charge in [0.15, 0.2) is 0 Å². The fourth-order valence-corrected chi connectivity index (χ4v) is 4.60. The summed E-state index contributed by atoms with van der Waals surface area (Å²) in [6.45, 7) is 14.0. The maximum atomic E-state index is 13.7. The Bertz CT molecular complexity index is 1240. The van der Waals surface area contributed by atoms with Gasteiger partial charge in [-0.05, 0) is 49.5 Å². The maximum Gasteiger partial charge on any atom is 0.305 e. The second-order valence-corrected chi connectivity index (χ2v) is 10.0. The summed E-state index contributed by atoms with van der Waals surface area (Å²) in [4.78, 5) is 45.3. The lowest BCUT2D eigenvalue weighted by molar-refractivity contribution is -0.138. The highest BCUT2D eigenvalue weighted by atomic mass is 16.5. The van der Waals surface area contributed by atoms with Crippen molar-refractivity contribution in [2.45, 2.75) is 52.6 Å². The molecule has 1 aliphatic rings. The quantitative estimate of drug-likeness (QED) is 0.431. The fraction of sp³-hybridized carbons (Fsp3) is 0.448. The number of morpholine rings is 1. The van der Waals surface area contributed by atoms with E-state index >= 15 is 0 Å². The van der Waals surface area contributed by atoms with Crippen LogP contribution in [0.2, 0.25) is 0 Å². The molecule has 0 spiro atoms. The number of anilines is 1. The topological polar surface area (TPSA) is 114 Å². The third-order valence-electron chi connectivity index (χ3n) is 6.67. The van der Waals surface area contributed by atoms with Gasteiger partial charge in [-0.15, -0.1) is 0 Å². The van der Waals surface area contributed by atoms with E-state index in [0.717, 1.165) is 24.3 Å². The molecule has 204 valence electrons. The highest BCUT2D eigenvalue weighted by Crippen LogP contribution is 2.28. The van der Waals surface area contributed by atoms with E-state index in [1.807, 2.05) is 39.0 Å². The summed E-state index contributed by atoms with van der Waals surface area (Å²) in [5, 5.41) is 12.6. The van der Waals surface area contributed by atoms with Crippen LogP contribution in [0.1, 0.15) is 61.2 Å². The van der Waals surface area contributed by atoms with Crippen LogP contribution in [-0.2, 0) is 14.3 Å². The molecule has 1 aliphatic heterocycles. The third-order valence-corrected chi connectivity index (χ3v) is 6.67. The van der Waals surface area contributed by atoms with Crippen molar-refractivity contribution < 1.29 is 19.4 Å². The zero-order chi connectivity index (χ0) is 27.8. The van der Waals surface area contributed by atoms with Crippen molar-refractivity contribution in [3.63, 3.8) is 0 Å². The molecule has 1 aromatic carbocycles. The largest absolute Gasteiger partial charge is 0.481 e. The summed E-state index contributed by atoms with van der Waals surface area (Å²) in [7, 11) is 0. The number of benzene rings is 1. The van der Waals surface area contributed by atoms with Gasteiger partial charge in [-0.3, -0.25) is 19.0 Å². The molecule has 1 amide bonds. The van der Waals surface area contributed by atoms with Crippen molar-refractivity contribution in [2.24, 2.45) is 5.92 Å². The lowest BCUT2D eigenvalue weighted by Crippen LogP contribution is -2.41. The van der Waals surface area contributed by atoms with E-state index in [1.54, 1.807) is 25.2 Å². The van der Waals surface area contributed by atoms with Crippen LogP contribution in [0.3, 0.4) is 0 Å². The Labute approximate surface area is 223 Å². The predicted octanol–water partition coefficient (Wildman–Crippen LogP) is 3.82. The first-order chi connectivity index (χ1) is 18.1. The molecule has 3 rings (SSSR count). The Kier molecular flexibility index (Phi) is 10.0. The highest BCUT2D eigenvalue weighted by molar-refractivity contribution is 5.81. The number of hydrogen-bond donors (Lipinski definition) is 2. The summed E-state index contributed by atoms with van der Waals surface area (Å²) in [5.41, 5.74) is 3.37. The van der Waals surface area contributed by atoms with E-state index in [9.17, 15) is 19.5 Å². The SMILES string of the molecule is C=C/C=C\c1ncn([C@@H](CC(C)C)C(=O)NC(CC(=O)O)c2ccc(C)c(N3CCOCC3)c2)c(=O)c1C. The number of aryl methyl sites for hydroxylation is 1. The average molecular weight is 523 g/mol. The van der Waals surface area contributed by atoms with Crippen LogP contribution in [0, 0.1) is 19.8 Å². The third kappa shape index (κ3) is 7.19. The smallest absolute Gasteiger partial charge is 0.305 e. The zero-order valence-corrected chi connectivity index (χ0v) is 22.6. The summed E-state index contributed by atoms with van der Waals surface area (Å²) >= 11 is 0. The van der Waals surface area contributed by atoms with Gasteiger partial charge in [0, 0.05) is 24.3 Å². The lowest BCUT2D eigenvalue weighted by atomic mass is 9.98. The van der Waals surface area contributed by atoms with E-state index < -0.39 is 24.0 Å². The monoisotopic (exact) mass is 522 g/mol. The van der Waals surface area contributed by atoms with Crippen molar-refractivity contribution in [1.29, 1.82) is 0 Å². The molecule has 2 heterocycles. The number of rotatable bonds is 11. The van der Waals surface area contributed by atoms with E-state index in [1.165, 1.54) is 10.9 Å². The van der Waals surface area contributed by atoms with Crippen LogP contribution in [0.5, 0.6) is 0 Å². The van der Waals surface area contributed by atoms with Crippen molar-refractivity contribution in [3.05, 3.63) is 76.0 Å². The summed E-state index contributed by atoms with van der Waals surface area (Å²) in [6, 6.07) is 4.13. The first-order valence-corrected chi connectivity index (χ1v) is 12.9. The molecular formula is C29H38N4O5. The lowest BCUT2D eigenvalue weighted by Gasteiger charge is -2.31. The number of aliphatic carboxylic acids is 1. The molecule has 9 heteroatoms. The number of amides is 1. The van der Waals surface area contributed by atoms with Gasteiger partial charge in [-0.2, -0.15) is 0 Å². The molecule has 2 atom stereocenters. The number of carbonyl (C=O) groups is 2.